The summed E-state index contributed by atoms with van der Waals surface area (Å²) in [5, 5.41) is 9.85. The zero-order valence-electron chi connectivity index (χ0n) is 12.1. The number of hydrogen-bond donors (Lipinski definition) is 2. The number of carbonyl (C=O) groups excluding carboxylic acids is 1. The molecule has 2 aromatic heterocycles. The molecule has 6 nitrogen and oxygen atoms in total. The minimum absolute atomic E-state index is 0.166. The van der Waals surface area contributed by atoms with Crippen LogP contribution in [0.4, 0.5) is 10.2 Å². The topological polar surface area (TPSA) is 71.8 Å². The van der Waals surface area contributed by atoms with E-state index < -0.39 is 5.95 Å². The molecule has 112 valence electrons. The van der Waals surface area contributed by atoms with Gasteiger partial charge >= 0.3 is 0 Å². The van der Waals surface area contributed by atoms with Crippen LogP contribution in [-0.4, -0.2) is 33.8 Å². The van der Waals surface area contributed by atoms with E-state index in [2.05, 4.69) is 20.7 Å². The standard InChI is InChI=1S/C14H18FN5O/c1-3-20-10(2)11(9-18-20)14(21)17-8-7-16-13-6-4-5-12(15)19-13/h4-6,9H,3,7-8H2,1-2H3,(H,16,19)(H,17,21). The van der Waals surface area contributed by atoms with E-state index in [0.29, 0.717) is 24.5 Å². The highest BCUT2D eigenvalue weighted by Gasteiger charge is 2.12. The van der Waals surface area contributed by atoms with Crippen molar-refractivity contribution in [1.82, 2.24) is 20.1 Å². The fraction of sp³-hybridized carbons (Fsp3) is 0.357. The molecular formula is C14H18FN5O. The summed E-state index contributed by atoms with van der Waals surface area (Å²) in [5.41, 5.74) is 1.41. The number of aryl methyl sites for hydroxylation is 1. The lowest BCUT2D eigenvalue weighted by Crippen LogP contribution is -2.29. The van der Waals surface area contributed by atoms with Gasteiger partial charge in [0.05, 0.1) is 11.8 Å². The summed E-state index contributed by atoms with van der Waals surface area (Å²) >= 11 is 0. The van der Waals surface area contributed by atoms with E-state index in [1.165, 1.54) is 6.07 Å². The van der Waals surface area contributed by atoms with Crippen LogP contribution < -0.4 is 10.6 Å². The van der Waals surface area contributed by atoms with Crippen molar-refractivity contribution in [2.45, 2.75) is 20.4 Å². The molecule has 0 bridgehead atoms. The number of pyridine rings is 1. The maximum absolute atomic E-state index is 12.9. The SMILES string of the molecule is CCn1ncc(C(=O)NCCNc2cccc(F)n2)c1C. The lowest BCUT2D eigenvalue weighted by molar-refractivity contribution is 0.0954. The lowest BCUT2D eigenvalue weighted by atomic mass is 10.2. The number of amides is 1. The molecule has 0 saturated carbocycles. The molecule has 21 heavy (non-hydrogen) atoms. The highest BCUT2D eigenvalue weighted by molar-refractivity contribution is 5.95. The number of aromatic nitrogens is 3. The van der Waals surface area contributed by atoms with Crippen molar-refractivity contribution in [2.24, 2.45) is 0 Å². The van der Waals surface area contributed by atoms with Crippen LogP contribution >= 0.6 is 0 Å². The summed E-state index contributed by atoms with van der Waals surface area (Å²) in [6, 6.07) is 4.52. The summed E-state index contributed by atoms with van der Waals surface area (Å²) in [6.45, 7) is 5.43. The fourth-order valence-electron chi connectivity index (χ4n) is 1.96. The highest BCUT2D eigenvalue weighted by atomic mass is 19.1. The maximum Gasteiger partial charge on any atom is 0.254 e. The Labute approximate surface area is 122 Å². The zero-order valence-corrected chi connectivity index (χ0v) is 12.1. The fourth-order valence-corrected chi connectivity index (χ4v) is 1.96. The van der Waals surface area contributed by atoms with Crippen molar-refractivity contribution in [3.05, 3.63) is 41.6 Å². The van der Waals surface area contributed by atoms with Gasteiger partial charge in [0, 0.05) is 25.3 Å². The first-order chi connectivity index (χ1) is 10.1. The van der Waals surface area contributed by atoms with E-state index in [-0.39, 0.29) is 5.91 Å². The summed E-state index contributed by atoms with van der Waals surface area (Å²) < 4.78 is 14.6. The molecule has 2 N–H and O–H groups in total. The Balaban J connectivity index is 1.80. The van der Waals surface area contributed by atoms with E-state index in [1.807, 2.05) is 13.8 Å². The maximum atomic E-state index is 12.9. The Morgan fingerprint density at radius 2 is 2.19 bits per heavy atom. The molecule has 0 aliphatic carbocycles. The second kappa shape index (κ2) is 6.83. The summed E-state index contributed by atoms with van der Waals surface area (Å²) in [4.78, 5) is 15.7. The van der Waals surface area contributed by atoms with Crippen molar-refractivity contribution in [2.75, 3.05) is 18.4 Å². The van der Waals surface area contributed by atoms with Crippen LogP contribution in [0.5, 0.6) is 0 Å². The molecular weight excluding hydrogens is 273 g/mol. The molecule has 2 heterocycles. The smallest absolute Gasteiger partial charge is 0.254 e. The van der Waals surface area contributed by atoms with Crippen LogP contribution in [-0.2, 0) is 6.54 Å². The van der Waals surface area contributed by atoms with Crippen LogP contribution in [0.15, 0.2) is 24.4 Å². The van der Waals surface area contributed by atoms with Crippen LogP contribution in [0.25, 0.3) is 0 Å². The molecule has 0 spiro atoms. The van der Waals surface area contributed by atoms with Gasteiger partial charge in [0.25, 0.3) is 5.91 Å². The molecule has 2 rings (SSSR count). The van der Waals surface area contributed by atoms with Crippen molar-refractivity contribution >= 4 is 11.7 Å². The third kappa shape index (κ3) is 3.77. The van der Waals surface area contributed by atoms with Gasteiger partial charge in [-0.3, -0.25) is 9.48 Å². The van der Waals surface area contributed by atoms with Crippen LogP contribution in [0.1, 0.15) is 23.0 Å². The van der Waals surface area contributed by atoms with Gasteiger partial charge in [0.15, 0.2) is 0 Å². The molecule has 0 aliphatic heterocycles. The number of hydrogen-bond acceptors (Lipinski definition) is 4. The molecule has 0 fully saturated rings. The van der Waals surface area contributed by atoms with Crippen LogP contribution in [0.2, 0.25) is 0 Å². The molecule has 1 amide bonds. The van der Waals surface area contributed by atoms with Crippen molar-refractivity contribution in [1.29, 1.82) is 0 Å². The minimum Gasteiger partial charge on any atom is -0.368 e. The molecule has 2 aromatic rings. The number of carbonyl (C=O) groups is 1. The van der Waals surface area contributed by atoms with E-state index >= 15 is 0 Å². The van der Waals surface area contributed by atoms with Gasteiger partial charge in [-0.2, -0.15) is 9.49 Å². The number of halogens is 1. The summed E-state index contributed by atoms with van der Waals surface area (Å²) in [7, 11) is 0. The second-order valence-electron chi connectivity index (χ2n) is 4.49. The van der Waals surface area contributed by atoms with E-state index in [4.69, 9.17) is 0 Å². The van der Waals surface area contributed by atoms with Gasteiger partial charge in [-0.25, -0.2) is 4.98 Å². The van der Waals surface area contributed by atoms with E-state index in [0.717, 1.165) is 12.2 Å². The van der Waals surface area contributed by atoms with Crippen LogP contribution in [0, 0.1) is 12.9 Å². The Morgan fingerprint density at radius 3 is 2.86 bits per heavy atom. The molecule has 0 aromatic carbocycles. The second-order valence-corrected chi connectivity index (χ2v) is 4.49. The quantitative estimate of drug-likeness (QED) is 0.626. The largest absolute Gasteiger partial charge is 0.368 e. The highest BCUT2D eigenvalue weighted by Crippen LogP contribution is 2.06. The van der Waals surface area contributed by atoms with Gasteiger partial charge in [-0.05, 0) is 26.0 Å². The number of nitrogens with zero attached hydrogens (tertiary/aromatic N) is 3. The Hall–Kier alpha value is -2.44. The minimum atomic E-state index is -0.536. The predicted octanol–water partition coefficient (Wildman–Crippen LogP) is 1.59. The first kappa shape index (κ1) is 15.0. The Morgan fingerprint density at radius 1 is 1.38 bits per heavy atom. The lowest BCUT2D eigenvalue weighted by Gasteiger charge is -2.07. The average Bonchev–Trinajstić information content (AvgIpc) is 2.84. The number of rotatable bonds is 6. The monoisotopic (exact) mass is 291 g/mol. The van der Waals surface area contributed by atoms with Gasteiger partial charge in [0.2, 0.25) is 5.95 Å². The molecule has 0 unspecified atom stereocenters. The third-order valence-electron chi connectivity index (χ3n) is 3.08. The van der Waals surface area contributed by atoms with Gasteiger partial charge in [0.1, 0.15) is 5.82 Å². The summed E-state index contributed by atoms with van der Waals surface area (Å²) in [5.74, 6) is -0.257. The van der Waals surface area contributed by atoms with Crippen molar-refractivity contribution < 1.29 is 9.18 Å². The van der Waals surface area contributed by atoms with Gasteiger partial charge in [-0.15, -0.1) is 0 Å². The predicted molar refractivity (Wildman–Crippen MR) is 77.7 cm³/mol. The Kier molecular flexibility index (Phi) is 4.86. The van der Waals surface area contributed by atoms with Crippen molar-refractivity contribution in [3.8, 4) is 0 Å². The molecule has 0 radical (unpaired) electrons. The normalized spacial score (nSPS) is 10.4. The molecule has 0 saturated heterocycles. The zero-order chi connectivity index (χ0) is 15.2. The van der Waals surface area contributed by atoms with E-state index in [9.17, 15) is 9.18 Å². The van der Waals surface area contributed by atoms with Crippen molar-refractivity contribution in [3.63, 3.8) is 0 Å². The summed E-state index contributed by atoms with van der Waals surface area (Å²) in [6.07, 6.45) is 1.57. The van der Waals surface area contributed by atoms with Gasteiger partial charge in [-0.1, -0.05) is 6.07 Å². The van der Waals surface area contributed by atoms with Gasteiger partial charge < -0.3 is 10.6 Å². The number of nitrogens with one attached hydrogen (secondary N) is 2. The first-order valence-electron chi connectivity index (χ1n) is 6.79. The van der Waals surface area contributed by atoms with E-state index in [1.54, 1.807) is 23.0 Å². The average molecular weight is 291 g/mol. The van der Waals surface area contributed by atoms with Crippen LogP contribution in [0.3, 0.4) is 0 Å². The molecule has 0 aliphatic rings. The Bertz CT molecular complexity index is 626. The molecule has 0 atom stereocenters. The third-order valence-corrected chi connectivity index (χ3v) is 3.08. The first-order valence-corrected chi connectivity index (χ1v) is 6.79. The number of anilines is 1. The molecule has 7 heteroatoms.